The number of aromatic hydroxyl groups is 1. The number of alkyl halides is 3. The fraction of sp³-hybridized carbons (Fsp3) is 0.300. The summed E-state index contributed by atoms with van der Waals surface area (Å²) in [4.78, 5) is 24.8. The lowest BCUT2D eigenvalue weighted by Crippen LogP contribution is -2.34. The van der Waals surface area contributed by atoms with Crippen LogP contribution in [0.4, 0.5) is 13.2 Å². The number of hydrogen-bond acceptors (Lipinski definition) is 3. The molecule has 0 radical (unpaired) electrons. The van der Waals surface area contributed by atoms with Gasteiger partial charge in [0.2, 0.25) is 0 Å². The molecule has 1 saturated heterocycles. The van der Waals surface area contributed by atoms with Crippen LogP contribution in [0.25, 0.3) is 0 Å². The summed E-state index contributed by atoms with van der Waals surface area (Å²) in [5.41, 5.74) is 1.53. The van der Waals surface area contributed by atoms with Crippen molar-refractivity contribution in [3.05, 3.63) is 65.2 Å². The molecule has 3 rings (SSSR count). The van der Waals surface area contributed by atoms with Gasteiger partial charge in [-0.25, -0.2) is 0 Å². The SMILES string of the molecule is O=C(O)[C@@H]1CN(C(=O)c2cc(Cc3ccccc3)ccc2O)C[C@H]1C(F)(F)F. The lowest BCUT2D eigenvalue weighted by Gasteiger charge is -2.19. The molecule has 1 aliphatic rings. The van der Waals surface area contributed by atoms with Crippen molar-refractivity contribution in [1.29, 1.82) is 0 Å². The third-order valence-corrected chi connectivity index (χ3v) is 4.89. The van der Waals surface area contributed by atoms with Crippen LogP contribution in [0.1, 0.15) is 21.5 Å². The maximum Gasteiger partial charge on any atom is 0.394 e. The lowest BCUT2D eigenvalue weighted by atomic mass is 9.96. The van der Waals surface area contributed by atoms with Gasteiger partial charge < -0.3 is 15.1 Å². The Hall–Kier alpha value is -3.03. The van der Waals surface area contributed by atoms with Crippen molar-refractivity contribution in [2.75, 3.05) is 13.1 Å². The van der Waals surface area contributed by atoms with Crippen molar-refractivity contribution in [3.8, 4) is 5.75 Å². The van der Waals surface area contributed by atoms with E-state index in [1.54, 1.807) is 6.07 Å². The molecule has 2 aromatic rings. The van der Waals surface area contributed by atoms with Gasteiger partial charge in [0, 0.05) is 13.1 Å². The van der Waals surface area contributed by atoms with E-state index in [-0.39, 0.29) is 11.3 Å². The first-order valence-corrected chi connectivity index (χ1v) is 8.61. The van der Waals surface area contributed by atoms with Crippen LogP contribution < -0.4 is 0 Å². The number of benzene rings is 2. The average Bonchev–Trinajstić information content (AvgIpc) is 3.10. The zero-order valence-corrected chi connectivity index (χ0v) is 14.7. The molecule has 1 heterocycles. The minimum Gasteiger partial charge on any atom is -0.507 e. The first kappa shape index (κ1) is 19.7. The highest BCUT2D eigenvalue weighted by molar-refractivity contribution is 5.97. The molecule has 2 N–H and O–H groups in total. The minimum absolute atomic E-state index is 0.139. The zero-order chi connectivity index (χ0) is 20.5. The zero-order valence-electron chi connectivity index (χ0n) is 14.7. The van der Waals surface area contributed by atoms with Gasteiger partial charge in [-0.1, -0.05) is 36.4 Å². The summed E-state index contributed by atoms with van der Waals surface area (Å²) in [6.07, 6.45) is -4.25. The van der Waals surface area contributed by atoms with Gasteiger partial charge >= 0.3 is 12.1 Å². The molecular formula is C20H18F3NO4. The van der Waals surface area contributed by atoms with Crippen molar-refractivity contribution < 1.29 is 33.0 Å². The summed E-state index contributed by atoms with van der Waals surface area (Å²) in [6, 6.07) is 13.7. The van der Waals surface area contributed by atoms with E-state index in [9.17, 15) is 27.9 Å². The van der Waals surface area contributed by atoms with Gasteiger partial charge in [-0.3, -0.25) is 9.59 Å². The van der Waals surface area contributed by atoms with Gasteiger partial charge in [0.05, 0.1) is 17.4 Å². The highest BCUT2D eigenvalue weighted by atomic mass is 19.4. The van der Waals surface area contributed by atoms with Gasteiger partial charge in [0.1, 0.15) is 5.75 Å². The fourth-order valence-corrected chi connectivity index (χ4v) is 3.42. The number of carbonyl (C=O) groups excluding carboxylic acids is 1. The van der Waals surface area contributed by atoms with E-state index in [4.69, 9.17) is 5.11 Å². The molecule has 0 bridgehead atoms. The molecule has 0 unspecified atom stereocenters. The highest BCUT2D eigenvalue weighted by Gasteiger charge is 2.53. The summed E-state index contributed by atoms with van der Waals surface area (Å²) in [7, 11) is 0. The molecular weight excluding hydrogens is 375 g/mol. The molecule has 0 spiro atoms. The number of likely N-dealkylation sites (tertiary alicyclic amines) is 1. The number of carbonyl (C=O) groups is 2. The lowest BCUT2D eigenvalue weighted by molar-refractivity contribution is -0.187. The fourth-order valence-electron chi connectivity index (χ4n) is 3.42. The Morgan fingerprint density at radius 1 is 1.04 bits per heavy atom. The van der Waals surface area contributed by atoms with Crippen LogP contribution in [0.15, 0.2) is 48.5 Å². The van der Waals surface area contributed by atoms with Crippen LogP contribution in [0.2, 0.25) is 0 Å². The minimum atomic E-state index is -4.73. The van der Waals surface area contributed by atoms with Gasteiger partial charge in [-0.15, -0.1) is 0 Å². The predicted molar refractivity (Wildman–Crippen MR) is 93.9 cm³/mol. The molecule has 0 saturated carbocycles. The standard InChI is InChI=1S/C20H18F3NO4/c21-20(22,23)16-11-24(10-15(16)19(27)28)18(26)14-9-13(6-7-17(14)25)8-12-4-2-1-3-5-12/h1-7,9,15-16,25H,8,10-11H2,(H,27,28)/t15-,16-/m1/s1. The molecule has 1 aliphatic heterocycles. The second-order valence-electron chi connectivity index (χ2n) is 6.82. The largest absolute Gasteiger partial charge is 0.507 e. The van der Waals surface area contributed by atoms with Crippen molar-refractivity contribution in [3.63, 3.8) is 0 Å². The summed E-state index contributed by atoms with van der Waals surface area (Å²) in [5.74, 6) is -6.63. The van der Waals surface area contributed by atoms with Gasteiger partial charge in [0.15, 0.2) is 0 Å². The van der Waals surface area contributed by atoms with E-state index >= 15 is 0 Å². The second-order valence-corrected chi connectivity index (χ2v) is 6.82. The summed E-state index contributed by atoms with van der Waals surface area (Å²) in [5, 5.41) is 19.1. The van der Waals surface area contributed by atoms with E-state index in [0.29, 0.717) is 12.0 Å². The van der Waals surface area contributed by atoms with E-state index in [0.717, 1.165) is 10.5 Å². The van der Waals surface area contributed by atoms with Crippen LogP contribution in [0, 0.1) is 11.8 Å². The molecule has 0 aliphatic carbocycles. The molecule has 1 fully saturated rings. The van der Waals surface area contributed by atoms with Crippen LogP contribution in [-0.4, -0.2) is 46.3 Å². The summed E-state index contributed by atoms with van der Waals surface area (Å²) in [6.45, 7) is -1.30. The quantitative estimate of drug-likeness (QED) is 0.836. The van der Waals surface area contributed by atoms with Crippen LogP contribution in [-0.2, 0) is 11.2 Å². The molecule has 2 aromatic carbocycles. The van der Waals surface area contributed by atoms with E-state index in [1.165, 1.54) is 12.1 Å². The number of nitrogens with zero attached hydrogens (tertiary/aromatic N) is 1. The van der Waals surface area contributed by atoms with Crippen molar-refractivity contribution in [2.24, 2.45) is 11.8 Å². The number of carboxylic acids is 1. The van der Waals surface area contributed by atoms with Gasteiger partial charge in [-0.05, 0) is 29.7 Å². The Bertz CT molecular complexity index is 883. The Labute approximate surface area is 159 Å². The summed E-state index contributed by atoms with van der Waals surface area (Å²) >= 11 is 0. The van der Waals surface area contributed by atoms with E-state index < -0.39 is 43.0 Å². The maximum absolute atomic E-state index is 13.1. The smallest absolute Gasteiger partial charge is 0.394 e. The highest BCUT2D eigenvalue weighted by Crippen LogP contribution is 2.38. The third kappa shape index (κ3) is 4.11. The molecule has 8 heteroatoms. The number of phenols is 1. The van der Waals surface area contributed by atoms with Crippen molar-refractivity contribution in [1.82, 2.24) is 4.90 Å². The van der Waals surface area contributed by atoms with Crippen LogP contribution in [0.5, 0.6) is 5.75 Å². The number of hydrogen-bond donors (Lipinski definition) is 2. The first-order chi connectivity index (χ1) is 13.2. The molecule has 148 valence electrons. The molecule has 0 aromatic heterocycles. The number of amides is 1. The number of halogens is 3. The topological polar surface area (TPSA) is 77.8 Å². The molecule has 5 nitrogen and oxygen atoms in total. The van der Waals surface area contributed by atoms with E-state index in [2.05, 4.69) is 0 Å². The second kappa shape index (κ2) is 7.53. The molecule has 1 amide bonds. The number of carboxylic acid groups (broad SMARTS) is 1. The molecule has 2 atom stereocenters. The summed E-state index contributed by atoms with van der Waals surface area (Å²) < 4.78 is 39.4. The Balaban J connectivity index is 1.84. The van der Waals surface area contributed by atoms with Gasteiger partial charge in [-0.2, -0.15) is 13.2 Å². The predicted octanol–water partition coefficient (Wildman–Crippen LogP) is 3.32. The van der Waals surface area contributed by atoms with Crippen LogP contribution >= 0.6 is 0 Å². The van der Waals surface area contributed by atoms with Crippen molar-refractivity contribution >= 4 is 11.9 Å². The van der Waals surface area contributed by atoms with Crippen LogP contribution in [0.3, 0.4) is 0 Å². The van der Waals surface area contributed by atoms with Crippen molar-refractivity contribution in [2.45, 2.75) is 12.6 Å². The van der Waals surface area contributed by atoms with E-state index in [1.807, 2.05) is 30.3 Å². The normalized spacial score (nSPS) is 19.6. The monoisotopic (exact) mass is 393 g/mol. The Morgan fingerprint density at radius 2 is 1.71 bits per heavy atom. The third-order valence-electron chi connectivity index (χ3n) is 4.89. The Morgan fingerprint density at radius 3 is 2.29 bits per heavy atom. The maximum atomic E-state index is 13.1. The number of rotatable bonds is 4. The average molecular weight is 393 g/mol. The number of aliphatic carboxylic acids is 1. The Kier molecular flexibility index (Phi) is 5.31. The van der Waals surface area contributed by atoms with Gasteiger partial charge in [0.25, 0.3) is 5.91 Å². The first-order valence-electron chi connectivity index (χ1n) is 8.61. The number of phenolic OH excluding ortho intramolecular Hbond substituents is 1. The molecule has 28 heavy (non-hydrogen) atoms.